The highest BCUT2D eigenvalue weighted by Gasteiger charge is 2.13. The Kier molecular flexibility index (Phi) is 1.64. The minimum Gasteiger partial charge on any atom is -0.276 e. The van der Waals surface area contributed by atoms with Crippen molar-refractivity contribution in [1.29, 1.82) is 0 Å². The van der Waals surface area contributed by atoms with Gasteiger partial charge in [0.05, 0.1) is 6.17 Å². The largest absolute Gasteiger partial charge is 0.276 e. The summed E-state index contributed by atoms with van der Waals surface area (Å²) in [6, 6.07) is 0. The van der Waals surface area contributed by atoms with Gasteiger partial charge in [-0.3, -0.25) is 5.32 Å². The number of hydrazine groups is 1. The van der Waals surface area contributed by atoms with Crippen molar-refractivity contribution < 1.29 is 0 Å². The van der Waals surface area contributed by atoms with E-state index in [0.717, 1.165) is 0 Å². The maximum atomic E-state index is 3.29. The van der Waals surface area contributed by atoms with Crippen molar-refractivity contribution in [3.05, 3.63) is 0 Å². The SMILES string of the molecule is CC1NNC(Br)N1. The van der Waals surface area contributed by atoms with Gasteiger partial charge in [0, 0.05) is 0 Å². The molecule has 0 amide bonds. The van der Waals surface area contributed by atoms with Crippen molar-refractivity contribution in [3.63, 3.8) is 0 Å². The van der Waals surface area contributed by atoms with Crippen molar-refractivity contribution in [2.24, 2.45) is 0 Å². The van der Waals surface area contributed by atoms with E-state index < -0.39 is 0 Å². The molecule has 0 aromatic heterocycles. The Morgan fingerprint density at radius 3 is 2.29 bits per heavy atom. The lowest BCUT2D eigenvalue weighted by Gasteiger charge is -1.97. The van der Waals surface area contributed by atoms with Crippen LogP contribution < -0.4 is 16.2 Å². The second-order valence-corrected chi connectivity index (χ2v) is 2.46. The van der Waals surface area contributed by atoms with Gasteiger partial charge < -0.3 is 0 Å². The summed E-state index contributed by atoms with van der Waals surface area (Å²) in [7, 11) is 0. The summed E-state index contributed by atoms with van der Waals surface area (Å²) in [6.45, 7) is 2.04. The molecule has 0 aromatic carbocycles. The van der Waals surface area contributed by atoms with E-state index in [1.807, 2.05) is 6.92 Å². The molecule has 0 bridgehead atoms. The molecular weight excluding hydrogens is 158 g/mol. The van der Waals surface area contributed by atoms with Crippen LogP contribution >= 0.6 is 15.9 Å². The highest BCUT2D eigenvalue weighted by atomic mass is 79.9. The van der Waals surface area contributed by atoms with Crippen LogP contribution in [0.15, 0.2) is 0 Å². The van der Waals surface area contributed by atoms with Gasteiger partial charge in [0.1, 0.15) is 5.08 Å². The van der Waals surface area contributed by atoms with Crippen LogP contribution in [0, 0.1) is 0 Å². The molecule has 4 heteroatoms. The van der Waals surface area contributed by atoms with Crippen molar-refractivity contribution in [3.8, 4) is 0 Å². The van der Waals surface area contributed by atoms with Gasteiger partial charge >= 0.3 is 0 Å². The molecule has 1 fully saturated rings. The van der Waals surface area contributed by atoms with Crippen LogP contribution in [0.2, 0.25) is 0 Å². The number of alkyl halides is 1. The molecule has 1 heterocycles. The average molecular weight is 166 g/mol. The van der Waals surface area contributed by atoms with Crippen molar-refractivity contribution in [1.82, 2.24) is 16.2 Å². The zero-order chi connectivity index (χ0) is 5.28. The summed E-state index contributed by atoms with van der Waals surface area (Å²) in [4.78, 5) is 0. The summed E-state index contributed by atoms with van der Waals surface area (Å²) >= 11 is 3.29. The molecule has 2 unspecified atom stereocenters. The predicted octanol–water partition coefficient (Wildman–Crippen LogP) is -0.292. The van der Waals surface area contributed by atoms with Crippen LogP contribution in [-0.4, -0.2) is 11.2 Å². The fourth-order valence-corrected chi connectivity index (χ4v) is 1.03. The highest BCUT2D eigenvalue weighted by Crippen LogP contribution is 1.93. The maximum absolute atomic E-state index is 3.29. The fourth-order valence-electron chi connectivity index (χ4n) is 0.501. The van der Waals surface area contributed by atoms with Crippen LogP contribution in [0.3, 0.4) is 0 Å². The average Bonchev–Trinajstić information content (AvgIpc) is 1.87. The Labute approximate surface area is 51.0 Å². The molecule has 1 aliphatic heterocycles. The first-order chi connectivity index (χ1) is 3.29. The molecule has 3 nitrogen and oxygen atoms in total. The van der Waals surface area contributed by atoms with E-state index in [1.165, 1.54) is 0 Å². The molecule has 1 aliphatic rings. The lowest BCUT2D eigenvalue weighted by molar-refractivity contribution is 0.570. The third-order valence-corrected chi connectivity index (χ3v) is 1.32. The smallest absolute Gasteiger partial charge is 0.129 e. The van der Waals surface area contributed by atoms with Gasteiger partial charge in [-0.1, -0.05) is 15.9 Å². The Bertz CT molecular complexity index is 59.2. The van der Waals surface area contributed by atoms with Gasteiger partial charge in [0.25, 0.3) is 0 Å². The van der Waals surface area contributed by atoms with E-state index in [9.17, 15) is 0 Å². The molecule has 3 N–H and O–H groups in total. The Morgan fingerprint density at radius 2 is 2.14 bits per heavy atom. The molecule has 0 saturated carbocycles. The minimum atomic E-state index is 0.225. The molecular formula is C3H8BrN3. The van der Waals surface area contributed by atoms with Crippen molar-refractivity contribution in [2.75, 3.05) is 0 Å². The number of hydrogen-bond acceptors (Lipinski definition) is 3. The molecule has 0 radical (unpaired) electrons. The predicted molar refractivity (Wildman–Crippen MR) is 31.6 cm³/mol. The third-order valence-electron chi connectivity index (χ3n) is 0.823. The summed E-state index contributed by atoms with van der Waals surface area (Å²) in [5, 5.41) is 3.34. The van der Waals surface area contributed by atoms with Crippen LogP contribution in [0.25, 0.3) is 0 Å². The highest BCUT2D eigenvalue weighted by molar-refractivity contribution is 9.09. The fraction of sp³-hybridized carbons (Fsp3) is 1.00. The monoisotopic (exact) mass is 165 g/mol. The quantitative estimate of drug-likeness (QED) is 0.341. The minimum absolute atomic E-state index is 0.225. The topological polar surface area (TPSA) is 36.1 Å². The molecule has 0 aliphatic carbocycles. The zero-order valence-electron chi connectivity index (χ0n) is 4.03. The zero-order valence-corrected chi connectivity index (χ0v) is 5.62. The molecule has 7 heavy (non-hydrogen) atoms. The standard InChI is InChI=1S/C3H8BrN3/c1-2-5-3(4)7-6-2/h2-3,5-7H,1H3. The molecule has 1 rings (SSSR count). The molecule has 2 atom stereocenters. The maximum Gasteiger partial charge on any atom is 0.129 e. The van der Waals surface area contributed by atoms with Gasteiger partial charge in [-0.05, 0) is 6.92 Å². The number of nitrogens with one attached hydrogen (secondary N) is 3. The van der Waals surface area contributed by atoms with E-state index in [-0.39, 0.29) is 5.08 Å². The van der Waals surface area contributed by atoms with E-state index in [0.29, 0.717) is 6.17 Å². The van der Waals surface area contributed by atoms with Gasteiger partial charge in [0.15, 0.2) is 0 Å². The first kappa shape index (κ1) is 5.50. The number of halogens is 1. The van der Waals surface area contributed by atoms with Gasteiger partial charge in [-0.2, -0.15) is 0 Å². The van der Waals surface area contributed by atoms with Crippen LogP contribution in [0.4, 0.5) is 0 Å². The first-order valence-corrected chi connectivity index (χ1v) is 3.12. The first-order valence-electron chi connectivity index (χ1n) is 2.20. The summed E-state index contributed by atoms with van der Waals surface area (Å²) < 4.78 is 0. The van der Waals surface area contributed by atoms with Gasteiger partial charge in [-0.25, -0.2) is 10.9 Å². The van der Waals surface area contributed by atoms with E-state index >= 15 is 0 Å². The third kappa shape index (κ3) is 1.38. The van der Waals surface area contributed by atoms with E-state index in [2.05, 4.69) is 32.1 Å². The molecule has 0 spiro atoms. The number of hydrogen-bond donors (Lipinski definition) is 3. The normalized spacial score (nSPS) is 42.0. The Hall–Kier alpha value is 0.360. The second kappa shape index (κ2) is 2.09. The van der Waals surface area contributed by atoms with Crippen LogP contribution in [0.5, 0.6) is 0 Å². The lowest BCUT2D eigenvalue weighted by Crippen LogP contribution is -2.30. The van der Waals surface area contributed by atoms with Crippen LogP contribution in [-0.2, 0) is 0 Å². The Balaban J connectivity index is 2.26. The summed E-state index contributed by atoms with van der Waals surface area (Å²) in [5.41, 5.74) is 5.89. The van der Waals surface area contributed by atoms with Crippen molar-refractivity contribution >= 4 is 15.9 Å². The summed E-state index contributed by atoms with van der Waals surface area (Å²) in [6.07, 6.45) is 0.365. The van der Waals surface area contributed by atoms with Crippen molar-refractivity contribution in [2.45, 2.75) is 18.2 Å². The Morgan fingerprint density at radius 1 is 1.43 bits per heavy atom. The van der Waals surface area contributed by atoms with Gasteiger partial charge in [0.2, 0.25) is 0 Å². The second-order valence-electron chi connectivity index (χ2n) is 1.54. The molecule has 1 saturated heterocycles. The van der Waals surface area contributed by atoms with Crippen LogP contribution in [0.1, 0.15) is 6.92 Å². The van der Waals surface area contributed by atoms with E-state index in [4.69, 9.17) is 0 Å². The summed E-state index contributed by atoms with van der Waals surface area (Å²) in [5.74, 6) is 0. The lowest BCUT2D eigenvalue weighted by atomic mass is 10.6. The van der Waals surface area contributed by atoms with E-state index in [1.54, 1.807) is 0 Å². The molecule has 42 valence electrons. The van der Waals surface area contributed by atoms with Gasteiger partial charge in [-0.15, -0.1) is 0 Å². The molecule has 0 aromatic rings. The number of rotatable bonds is 0.